The minimum atomic E-state index is -1.32. The highest BCUT2D eigenvalue weighted by Crippen LogP contribution is 2.54. The van der Waals surface area contributed by atoms with Gasteiger partial charge in [-0.3, -0.25) is 4.79 Å². The molecule has 0 saturated carbocycles. The minimum Gasteiger partial charge on any atom is -0.462 e. The quantitative estimate of drug-likeness (QED) is 0.318. The molecule has 0 saturated heterocycles. The number of rotatable bonds is 6. The molecule has 166 valence electrons. The summed E-state index contributed by atoms with van der Waals surface area (Å²) in [5, 5.41) is 0. The Morgan fingerprint density at radius 2 is 2.06 bits per heavy atom. The third-order valence-corrected chi connectivity index (χ3v) is 6.55. The molecule has 1 unspecified atom stereocenters. The van der Waals surface area contributed by atoms with Crippen molar-refractivity contribution in [3.05, 3.63) is 46.7 Å². The fraction of sp³-hybridized carbons (Fsp3) is 0.538. The molecule has 0 aromatic heterocycles. The molecule has 0 N–H and O–H groups in total. The summed E-state index contributed by atoms with van der Waals surface area (Å²) in [6.45, 7) is 11.6. The molecule has 2 heterocycles. The summed E-state index contributed by atoms with van der Waals surface area (Å²) in [6, 6.07) is 1.97. The Morgan fingerprint density at radius 1 is 1.29 bits per heavy atom. The van der Waals surface area contributed by atoms with Crippen LogP contribution in [0.3, 0.4) is 0 Å². The van der Waals surface area contributed by atoms with Crippen molar-refractivity contribution < 1.29 is 23.8 Å². The summed E-state index contributed by atoms with van der Waals surface area (Å²) >= 11 is 0. The molecule has 1 aliphatic carbocycles. The van der Waals surface area contributed by atoms with Crippen molar-refractivity contribution in [3.63, 3.8) is 0 Å². The zero-order valence-corrected chi connectivity index (χ0v) is 19.0. The number of cyclic esters (lactones) is 1. The molecule has 5 nitrogen and oxygen atoms in total. The molecule has 1 aromatic rings. The first-order valence-corrected chi connectivity index (χ1v) is 11.4. The van der Waals surface area contributed by atoms with Gasteiger partial charge in [0.15, 0.2) is 0 Å². The second-order valence-corrected chi connectivity index (χ2v) is 9.37. The fourth-order valence-electron chi connectivity index (χ4n) is 5.13. The lowest BCUT2D eigenvalue weighted by molar-refractivity contribution is -0.155. The van der Waals surface area contributed by atoms with Gasteiger partial charge in [-0.2, -0.15) is 0 Å². The van der Waals surface area contributed by atoms with E-state index in [0.717, 1.165) is 55.4 Å². The second kappa shape index (κ2) is 8.18. The van der Waals surface area contributed by atoms with Crippen LogP contribution in [0, 0.1) is 5.92 Å². The Labute approximate surface area is 184 Å². The lowest BCUT2D eigenvalue weighted by atomic mass is 9.73. The molecule has 0 radical (unpaired) electrons. The smallest absolute Gasteiger partial charge is 0.345 e. The van der Waals surface area contributed by atoms with Crippen LogP contribution in [-0.2, 0) is 16.0 Å². The maximum absolute atomic E-state index is 13.2. The van der Waals surface area contributed by atoms with E-state index >= 15 is 0 Å². The lowest BCUT2D eigenvalue weighted by Gasteiger charge is -2.41. The van der Waals surface area contributed by atoms with Crippen molar-refractivity contribution in [3.8, 4) is 11.5 Å². The summed E-state index contributed by atoms with van der Waals surface area (Å²) < 4.78 is 18.2. The van der Waals surface area contributed by atoms with Crippen LogP contribution in [0.1, 0.15) is 93.6 Å². The summed E-state index contributed by atoms with van der Waals surface area (Å²) in [6.07, 6.45) is 8.08. The van der Waals surface area contributed by atoms with Crippen molar-refractivity contribution >= 4 is 11.8 Å². The lowest BCUT2D eigenvalue weighted by Crippen LogP contribution is -2.44. The van der Waals surface area contributed by atoms with Crippen molar-refractivity contribution in [1.82, 2.24) is 0 Å². The molecule has 0 fully saturated rings. The molecule has 0 amide bonds. The third kappa shape index (κ3) is 4.02. The van der Waals surface area contributed by atoms with E-state index < -0.39 is 11.8 Å². The van der Waals surface area contributed by atoms with Gasteiger partial charge in [-0.25, -0.2) is 4.79 Å². The van der Waals surface area contributed by atoms with Crippen LogP contribution in [0.25, 0.3) is 0 Å². The number of carbonyl (C=O) groups excluding carboxylic acids is 2. The number of unbranched alkanes of at least 4 members (excludes halogenated alkanes) is 2. The summed E-state index contributed by atoms with van der Waals surface area (Å²) in [5.74, 6) is 0.357. The second-order valence-electron chi connectivity index (χ2n) is 9.37. The van der Waals surface area contributed by atoms with E-state index in [9.17, 15) is 9.59 Å². The highest BCUT2D eigenvalue weighted by molar-refractivity contribution is 5.97. The number of carbonyl (C=O) groups is 2. The molecule has 31 heavy (non-hydrogen) atoms. The standard InChI is InChI=1S/C26H32O5/c1-6-7-8-9-18-13-21-23(20-12-15(2)10-11-19(20)17(4)29-21)24-22(18)25(28)31-26(5,30-24)14-16(3)27/h12-13,19-20H,4,6-11,14H2,1-3,5H3/t19-,20+,26?/m0/s1. The van der Waals surface area contributed by atoms with Crippen LogP contribution in [0.15, 0.2) is 30.1 Å². The van der Waals surface area contributed by atoms with Gasteiger partial charge < -0.3 is 14.2 Å². The summed E-state index contributed by atoms with van der Waals surface area (Å²) in [7, 11) is 0. The average Bonchev–Trinajstić information content (AvgIpc) is 2.66. The van der Waals surface area contributed by atoms with Gasteiger partial charge >= 0.3 is 5.97 Å². The zero-order chi connectivity index (χ0) is 22.3. The monoisotopic (exact) mass is 424 g/mol. The van der Waals surface area contributed by atoms with Crippen LogP contribution < -0.4 is 9.47 Å². The minimum absolute atomic E-state index is 0.00352. The van der Waals surface area contributed by atoms with E-state index in [0.29, 0.717) is 17.1 Å². The van der Waals surface area contributed by atoms with Gasteiger partial charge in [0.1, 0.15) is 28.6 Å². The predicted octanol–water partition coefficient (Wildman–Crippen LogP) is 6.01. The molecule has 0 spiro atoms. The van der Waals surface area contributed by atoms with E-state index in [1.165, 1.54) is 12.5 Å². The SMILES string of the molecule is C=C1Oc2cc(CCCCC)c3c(c2[C@@H]2C=C(C)CC[C@@H]12)OC(C)(CC(C)=O)OC3=O. The number of allylic oxidation sites excluding steroid dienone is 3. The fourth-order valence-corrected chi connectivity index (χ4v) is 5.13. The van der Waals surface area contributed by atoms with E-state index in [-0.39, 0.29) is 24.0 Å². The predicted molar refractivity (Wildman–Crippen MR) is 118 cm³/mol. The van der Waals surface area contributed by atoms with Gasteiger partial charge in [0.05, 0.1) is 6.42 Å². The number of ether oxygens (including phenoxy) is 3. The largest absolute Gasteiger partial charge is 0.462 e. The van der Waals surface area contributed by atoms with E-state index in [1.807, 2.05) is 6.07 Å². The van der Waals surface area contributed by atoms with E-state index in [4.69, 9.17) is 14.2 Å². The van der Waals surface area contributed by atoms with Crippen LogP contribution in [0.5, 0.6) is 11.5 Å². The van der Waals surface area contributed by atoms with Gasteiger partial charge in [-0.1, -0.05) is 38.0 Å². The van der Waals surface area contributed by atoms with Crippen LogP contribution in [0.4, 0.5) is 0 Å². The van der Waals surface area contributed by atoms with Gasteiger partial charge in [0, 0.05) is 24.3 Å². The third-order valence-electron chi connectivity index (χ3n) is 6.55. The molecule has 0 bridgehead atoms. The summed E-state index contributed by atoms with van der Waals surface area (Å²) in [4.78, 5) is 25.1. The summed E-state index contributed by atoms with van der Waals surface area (Å²) in [5.41, 5.74) is 3.56. The van der Waals surface area contributed by atoms with E-state index in [2.05, 4.69) is 26.5 Å². The number of benzene rings is 1. The van der Waals surface area contributed by atoms with Crippen LogP contribution in [-0.4, -0.2) is 17.5 Å². The Balaban J connectivity index is 1.89. The van der Waals surface area contributed by atoms with Crippen molar-refractivity contribution in [1.29, 1.82) is 0 Å². The highest BCUT2D eigenvalue weighted by Gasteiger charge is 2.46. The normalized spacial score (nSPS) is 26.5. The van der Waals surface area contributed by atoms with Crippen LogP contribution >= 0.6 is 0 Å². The molecule has 2 aliphatic heterocycles. The average molecular weight is 425 g/mol. The number of fused-ring (bicyclic) bond motifs is 5. The number of Topliss-reactive ketones (excluding diaryl/α,β-unsaturated/α-hetero) is 1. The van der Waals surface area contributed by atoms with Crippen LogP contribution in [0.2, 0.25) is 0 Å². The number of ketones is 1. The van der Waals surface area contributed by atoms with Gasteiger partial charge in [-0.15, -0.1) is 0 Å². The Morgan fingerprint density at radius 3 is 2.77 bits per heavy atom. The molecule has 4 rings (SSSR count). The molecule has 5 heteroatoms. The zero-order valence-electron chi connectivity index (χ0n) is 19.0. The number of esters is 1. The molecular weight excluding hydrogens is 392 g/mol. The first kappa shape index (κ1) is 21.7. The van der Waals surface area contributed by atoms with Crippen molar-refractivity contribution in [2.75, 3.05) is 0 Å². The number of hydrogen-bond acceptors (Lipinski definition) is 5. The molecule has 1 aromatic carbocycles. The van der Waals surface area contributed by atoms with Gasteiger partial charge in [0.25, 0.3) is 5.79 Å². The van der Waals surface area contributed by atoms with E-state index in [1.54, 1.807) is 6.92 Å². The number of aryl methyl sites for hydroxylation is 1. The number of hydrogen-bond donors (Lipinski definition) is 0. The Kier molecular flexibility index (Phi) is 5.71. The topological polar surface area (TPSA) is 61.8 Å². The van der Waals surface area contributed by atoms with Gasteiger partial charge in [-0.05, 0) is 51.2 Å². The van der Waals surface area contributed by atoms with Crippen molar-refractivity contribution in [2.45, 2.75) is 84.3 Å². The Hall–Kier alpha value is -2.56. The van der Waals surface area contributed by atoms with Crippen molar-refractivity contribution in [2.24, 2.45) is 5.92 Å². The molecular formula is C26H32O5. The molecule has 3 atom stereocenters. The van der Waals surface area contributed by atoms with Gasteiger partial charge in [0.2, 0.25) is 0 Å². The maximum atomic E-state index is 13.2. The molecule has 3 aliphatic rings. The Bertz CT molecular complexity index is 972. The highest BCUT2D eigenvalue weighted by atomic mass is 16.7. The first-order chi connectivity index (χ1) is 14.7. The maximum Gasteiger partial charge on any atom is 0.345 e. The first-order valence-electron chi connectivity index (χ1n) is 11.4.